The van der Waals surface area contributed by atoms with Gasteiger partial charge in [0.25, 0.3) is 0 Å². The molecule has 0 unspecified atom stereocenters. The first-order valence-electron chi connectivity index (χ1n) is 3.89. The van der Waals surface area contributed by atoms with Crippen LogP contribution in [0.1, 0.15) is 40.5 Å². The summed E-state index contributed by atoms with van der Waals surface area (Å²) >= 11 is 0. The summed E-state index contributed by atoms with van der Waals surface area (Å²) in [6.07, 6.45) is 1.93. The van der Waals surface area contributed by atoms with Crippen molar-refractivity contribution in [1.29, 1.82) is 0 Å². The Kier molecular flexibility index (Phi) is 3.06. The second-order valence-corrected chi connectivity index (χ2v) is 4.04. The molecule has 0 aliphatic heterocycles. The monoisotopic (exact) mass is 134 g/mol. The Morgan fingerprint density at radius 2 is 1.50 bits per heavy atom. The smallest absolute Gasteiger partial charge is 0.0627 e. The van der Waals surface area contributed by atoms with Crippen LogP contribution in [0.4, 0.5) is 0 Å². The van der Waals surface area contributed by atoms with Crippen molar-refractivity contribution in [3.05, 3.63) is 0 Å². The summed E-state index contributed by atoms with van der Waals surface area (Å²) in [4.78, 5) is 0. The van der Waals surface area contributed by atoms with Gasteiger partial charge < -0.3 is 0 Å². The van der Waals surface area contributed by atoms with Crippen molar-refractivity contribution in [1.82, 2.24) is 0 Å². The minimum Gasteiger partial charge on any atom is -0.0943 e. The maximum absolute atomic E-state index is 5.88. The summed E-state index contributed by atoms with van der Waals surface area (Å²) in [6.45, 7) is 8.31. The van der Waals surface area contributed by atoms with E-state index in [-0.39, 0.29) is 5.41 Å². The number of hydrogen-bond acceptors (Lipinski definition) is 0. The van der Waals surface area contributed by atoms with Gasteiger partial charge in [0.2, 0.25) is 0 Å². The molecule has 0 aromatic carbocycles. The standard InChI is InChI=1S/C8H16B2/c1-5-6-8(9,10)7(2,3)4/h5-6H2,1-4H3. The van der Waals surface area contributed by atoms with Crippen molar-refractivity contribution >= 4 is 15.7 Å². The molecule has 0 fully saturated rings. The van der Waals surface area contributed by atoms with E-state index in [1.54, 1.807) is 0 Å². The Morgan fingerprint density at radius 3 is 1.60 bits per heavy atom. The van der Waals surface area contributed by atoms with Gasteiger partial charge in [0.1, 0.15) is 0 Å². The zero-order valence-electron chi connectivity index (χ0n) is 7.57. The summed E-state index contributed by atoms with van der Waals surface area (Å²) in [6, 6.07) is 0. The Balaban J connectivity index is 4.10. The van der Waals surface area contributed by atoms with E-state index in [9.17, 15) is 0 Å². The minimum absolute atomic E-state index is 0.00299. The molecule has 0 N–H and O–H groups in total. The van der Waals surface area contributed by atoms with Crippen molar-refractivity contribution in [3.63, 3.8) is 0 Å². The van der Waals surface area contributed by atoms with Crippen LogP contribution >= 0.6 is 0 Å². The van der Waals surface area contributed by atoms with Crippen LogP contribution in [0.2, 0.25) is 5.21 Å². The summed E-state index contributed by atoms with van der Waals surface area (Å²) < 4.78 is 0. The molecule has 54 valence electrons. The fourth-order valence-corrected chi connectivity index (χ4v) is 0.789. The molecule has 0 heterocycles. The zero-order valence-corrected chi connectivity index (χ0v) is 7.57. The molecule has 4 radical (unpaired) electrons. The van der Waals surface area contributed by atoms with Crippen LogP contribution < -0.4 is 0 Å². The average Bonchev–Trinajstić information content (AvgIpc) is 1.61. The first-order valence-corrected chi connectivity index (χ1v) is 3.89. The average molecular weight is 134 g/mol. The van der Waals surface area contributed by atoms with Crippen LogP contribution in [0.5, 0.6) is 0 Å². The lowest BCUT2D eigenvalue weighted by molar-refractivity contribution is 0.327. The molecular weight excluding hydrogens is 118 g/mol. The molecule has 2 heteroatoms. The van der Waals surface area contributed by atoms with E-state index in [4.69, 9.17) is 15.7 Å². The van der Waals surface area contributed by atoms with E-state index in [1.807, 2.05) is 0 Å². The van der Waals surface area contributed by atoms with Crippen molar-refractivity contribution in [2.75, 3.05) is 0 Å². The quantitative estimate of drug-likeness (QED) is 0.508. The van der Waals surface area contributed by atoms with E-state index in [2.05, 4.69) is 27.7 Å². The molecule has 0 aliphatic carbocycles. The summed E-state index contributed by atoms with van der Waals surface area (Å²) in [5.74, 6) is 0. The fraction of sp³-hybridized carbons (Fsp3) is 1.00. The first kappa shape index (κ1) is 10.1. The molecule has 0 atom stereocenters. The fourth-order valence-electron chi connectivity index (χ4n) is 0.789. The van der Waals surface area contributed by atoms with Gasteiger partial charge in [-0.15, -0.1) is 0 Å². The maximum Gasteiger partial charge on any atom is 0.0627 e. The molecule has 0 rings (SSSR count). The highest BCUT2D eigenvalue weighted by molar-refractivity contribution is 6.40. The van der Waals surface area contributed by atoms with Crippen LogP contribution in [-0.2, 0) is 0 Å². The molecule has 0 aliphatic rings. The van der Waals surface area contributed by atoms with Gasteiger partial charge in [0, 0.05) is 0 Å². The predicted octanol–water partition coefficient (Wildman–Crippen LogP) is 2.29. The van der Waals surface area contributed by atoms with Crippen LogP contribution in [-0.4, -0.2) is 15.7 Å². The summed E-state index contributed by atoms with van der Waals surface area (Å²) in [5, 5.41) is -0.512. The predicted molar refractivity (Wildman–Crippen MR) is 48.6 cm³/mol. The molecular formula is C8H16B2. The highest BCUT2D eigenvalue weighted by atomic mass is 14.3. The normalized spacial score (nSPS) is 13.6. The van der Waals surface area contributed by atoms with Crippen molar-refractivity contribution in [2.24, 2.45) is 5.41 Å². The molecule has 0 bridgehead atoms. The van der Waals surface area contributed by atoms with Crippen molar-refractivity contribution < 1.29 is 0 Å². The topological polar surface area (TPSA) is 0 Å². The van der Waals surface area contributed by atoms with E-state index in [1.165, 1.54) is 0 Å². The molecule has 0 spiro atoms. The number of hydrogen-bond donors (Lipinski definition) is 0. The summed E-state index contributed by atoms with van der Waals surface area (Å²) in [5.41, 5.74) is 0.00299. The molecule has 10 heavy (non-hydrogen) atoms. The number of rotatable bonds is 2. The SMILES string of the molecule is [B]C([B])(CCC)C(C)(C)C. The second kappa shape index (κ2) is 3.02. The van der Waals surface area contributed by atoms with Crippen LogP contribution in [0.3, 0.4) is 0 Å². The zero-order chi connectivity index (χ0) is 8.41. The van der Waals surface area contributed by atoms with E-state index >= 15 is 0 Å². The van der Waals surface area contributed by atoms with Gasteiger partial charge in [-0.25, -0.2) is 0 Å². The Labute approximate surface area is 67.6 Å². The van der Waals surface area contributed by atoms with E-state index in [0.29, 0.717) is 0 Å². The van der Waals surface area contributed by atoms with Gasteiger partial charge in [0.05, 0.1) is 15.7 Å². The highest BCUT2D eigenvalue weighted by Crippen LogP contribution is 2.42. The minimum atomic E-state index is -0.512. The lowest BCUT2D eigenvalue weighted by Crippen LogP contribution is -2.29. The van der Waals surface area contributed by atoms with E-state index < -0.39 is 5.21 Å². The third-order valence-corrected chi connectivity index (χ3v) is 2.06. The maximum atomic E-state index is 5.88. The van der Waals surface area contributed by atoms with Crippen LogP contribution in [0, 0.1) is 5.41 Å². The Bertz CT molecular complexity index is 100. The Hall–Kier alpha value is 0.130. The van der Waals surface area contributed by atoms with Crippen molar-refractivity contribution in [2.45, 2.75) is 45.8 Å². The molecule has 0 aromatic heterocycles. The largest absolute Gasteiger partial charge is 0.0943 e. The lowest BCUT2D eigenvalue weighted by atomic mass is 9.42. The van der Waals surface area contributed by atoms with Crippen LogP contribution in [0.25, 0.3) is 0 Å². The summed E-state index contributed by atoms with van der Waals surface area (Å²) in [7, 11) is 11.8. The molecule has 0 saturated carbocycles. The molecule has 0 nitrogen and oxygen atoms in total. The first-order chi connectivity index (χ1) is 4.31. The van der Waals surface area contributed by atoms with Gasteiger partial charge in [-0.2, -0.15) is 0 Å². The van der Waals surface area contributed by atoms with E-state index in [0.717, 1.165) is 12.8 Å². The van der Waals surface area contributed by atoms with Gasteiger partial charge in [0.15, 0.2) is 0 Å². The highest BCUT2D eigenvalue weighted by Gasteiger charge is 2.29. The van der Waals surface area contributed by atoms with Crippen LogP contribution in [0.15, 0.2) is 0 Å². The molecule has 0 aromatic rings. The molecule has 0 saturated heterocycles. The molecule has 0 amide bonds. The Morgan fingerprint density at radius 1 is 1.10 bits per heavy atom. The van der Waals surface area contributed by atoms with Crippen molar-refractivity contribution in [3.8, 4) is 0 Å². The van der Waals surface area contributed by atoms with Gasteiger partial charge in [-0.05, 0) is 5.41 Å². The second-order valence-electron chi connectivity index (χ2n) is 4.04. The lowest BCUT2D eigenvalue weighted by Gasteiger charge is -2.40. The third-order valence-electron chi connectivity index (χ3n) is 2.06. The van der Waals surface area contributed by atoms with Gasteiger partial charge in [-0.3, -0.25) is 0 Å². The van der Waals surface area contributed by atoms with Gasteiger partial charge in [-0.1, -0.05) is 45.8 Å². The van der Waals surface area contributed by atoms with Gasteiger partial charge >= 0.3 is 0 Å². The third kappa shape index (κ3) is 2.40.